The average Bonchev–Trinajstić information content (AvgIpc) is 2.32. The fourth-order valence-corrected chi connectivity index (χ4v) is 2.28. The molecule has 0 N–H and O–H groups in total. The van der Waals surface area contributed by atoms with E-state index in [4.69, 9.17) is 0 Å². The van der Waals surface area contributed by atoms with Crippen LogP contribution in [0.5, 0.6) is 0 Å². The summed E-state index contributed by atoms with van der Waals surface area (Å²) in [4.78, 5) is -0.709. The Morgan fingerprint density at radius 3 is 2.18 bits per heavy atom. The van der Waals surface area contributed by atoms with Gasteiger partial charge in [-0.3, -0.25) is 0 Å². The number of halogens is 4. The number of alkyl halides is 1. The summed E-state index contributed by atoms with van der Waals surface area (Å²) in [7, 11) is 0. The summed E-state index contributed by atoms with van der Waals surface area (Å²) in [5.74, 6) is -1.59. The van der Waals surface area contributed by atoms with E-state index in [-0.39, 0.29) is 11.1 Å². The van der Waals surface area contributed by atoms with Crippen LogP contribution < -0.4 is 0 Å². The molecule has 2 rings (SSSR count). The lowest BCUT2D eigenvalue weighted by molar-refractivity contribution is 0.581. The van der Waals surface area contributed by atoms with Gasteiger partial charge in [-0.05, 0) is 24.3 Å². The molecule has 0 amide bonds. The zero-order valence-electron chi connectivity index (χ0n) is 8.63. The van der Waals surface area contributed by atoms with Crippen LogP contribution in [0.15, 0.2) is 42.5 Å². The Morgan fingerprint density at radius 1 is 0.824 bits per heavy atom. The third kappa shape index (κ3) is 2.52. The van der Waals surface area contributed by atoms with Crippen LogP contribution in [0, 0.1) is 17.5 Å². The maximum absolute atomic E-state index is 13.5. The van der Waals surface area contributed by atoms with Gasteiger partial charge in [0.05, 0.1) is 4.83 Å². The Labute approximate surface area is 105 Å². The molecule has 0 nitrogen and oxygen atoms in total. The van der Waals surface area contributed by atoms with Gasteiger partial charge in [0.15, 0.2) is 0 Å². The molecule has 2 aromatic rings. The molecule has 0 heterocycles. The smallest absolute Gasteiger partial charge is 0.128 e. The molecule has 0 aliphatic heterocycles. The first-order chi connectivity index (χ1) is 8.09. The van der Waals surface area contributed by atoms with Gasteiger partial charge in [-0.2, -0.15) is 0 Å². The standard InChI is InChI=1S/C13H8BrF3/c14-13(9-3-1-2-4-11(9)16)10-7-8(15)5-6-12(10)17/h1-7,13H. The van der Waals surface area contributed by atoms with Crippen LogP contribution in [0.25, 0.3) is 0 Å². The summed E-state index contributed by atoms with van der Waals surface area (Å²) in [6.07, 6.45) is 0. The highest BCUT2D eigenvalue weighted by atomic mass is 79.9. The van der Waals surface area contributed by atoms with Gasteiger partial charge in [-0.15, -0.1) is 0 Å². The van der Waals surface area contributed by atoms with Crippen molar-refractivity contribution in [1.82, 2.24) is 0 Å². The normalized spacial score (nSPS) is 12.5. The topological polar surface area (TPSA) is 0 Å². The molecule has 0 saturated heterocycles. The van der Waals surface area contributed by atoms with Crippen LogP contribution in [0.2, 0.25) is 0 Å². The molecule has 4 heteroatoms. The van der Waals surface area contributed by atoms with Crippen LogP contribution in [-0.2, 0) is 0 Å². The van der Waals surface area contributed by atoms with E-state index in [1.165, 1.54) is 12.1 Å². The quantitative estimate of drug-likeness (QED) is 0.712. The Kier molecular flexibility index (Phi) is 3.52. The van der Waals surface area contributed by atoms with Crippen molar-refractivity contribution < 1.29 is 13.2 Å². The predicted molar refractivity (Wildman–Crippen MR) is 63.5 cm³/mol. The second-order valence-corrected chi connectivity index (χ2v) is 4.47. The third-order valence-corrected chi connectivity index (χ3v) is 3.40. The predicted octanol–water partition coefficient (Wildman–Crippen LogP) is 4.59. The van der Waals surface area contributed by atoms with Crippen LogP contribution >= 0.6 is 15.9 Å². The van der Waals surface area contributed by atoms with Gasteiger partial charge in [0.2, 0.25) is 0 Å². The maximum Gasteiger partial charge on any atom is 0.128 e. The molecular formula is C13H8BrF3. The van der Waals surface area contributed by atoms with Crippen molar-refractivity contribution >= 4 is 15.9 Å². The van der Waals surface area contributed by atoms with Gasteiger partial charge >= 0.3 is 0 Å². The lowest BCUT2D eigenvalue weighted by Crippen LogP contribution is -2.00. The van der Waals surface area contributed by atoms with E-state index in [0.29, 0.717) is 0 Å². The second kappa shape index (κ2) is 4.92. The van der Waals surface area contributed by atoms with E-state index in [1.807, 2.05) is 0 Å². The molecule has 0 saturated carbocycles. The Hall–Kier alpha value is -1.29. The van der Waals surface area contributed by atoms with E-state index in [1.54, 1.807) is 12.1 Å². The highest BCUT2D eigenvalue weighted by Crippen LogP contribution is 2.34. The van der Waals surface area contributed by atoms with E-state index < -0.39 is 22.3 Å². The summed E-state index contributed by atoms with van der Waals surface area (Å²) in [5.41, 5.74) is 0.354. The molecule has 0 aliphatic rings. The lowest BCUT2D eigenvalue weighted by atomic mass is 10.0. The molecule has 2 aromatic carbocycles. The van der Waals surface area contributed by atoms with Gasteiger partial charge in [-0.1, -0.05) is 34.1 Å². The van der Waals surface area contributed by atoms with Gasteiger partial charge < -0.3 is 0 Å². The summed E-state index contributed by atoms with van der Waals surface area (Å²) < 4.78 is 40.1. The van der Waals surface area contributed by atoms with E-state index in [9.17, 15) is 13.2 Å². The highest BCUT2D eigenvalue weighted by Gasteiger charge is 2.18. The van der Waals surface area contributed by atoms with E-state index >= 15 is 0 Å². The Bertz CT molecular complexity index is 540. The van der Waals surface area contributed by atoms with Crippen molar-refractivity contribution in [1.29, 1.82) is 0 Å². The minimum absolute atomic E-state index is 0.0788. The van der Waals surface area contributed by atoms with Crippen LogP contribution in [0.4, 0.5) is 13.2 Å². The zero-order chi connectivity index (χ0) is 12.4. The minimum atomic E-state index is -0.709. The highest BCUT2D eigenvalue weighted by molar-refractivity contribution is 9.09. The number of benzene rings is 2. The monoisotopic (exact) mass is 300 g/mol. The number of hydrogen-bond acceptors (Lipinski definition) is 0. The minimum Gasteiger partial charge on any atom is -0.207 e. The van der Waals surface area contributed by atoms with Crippen molar-refractivity contribution in [3.05, 3.63) is 71.0 Å². The molecule has 1 unspecified atom stereocenters. The van der Waals surface area contributed by atoms with Crippen molar-refractivity contribution in [3.8, 4) is 0 Å². The first kappa shape index (κ1) is 12.2. The molecule has 0 aliphatic carbocycles. The maximum atomic E-state index is 13.5. The molecule has 0 radical (unpaired) electrons. The van der Waals surface area contributed by atoms with E-state index in [2.05, 4.69) is 15.9 Å². The summed E-state index contributed by atoms with van der Waals surface area (Å²) in [6, 6.07) is 9.10. The third-order valence-electron chi connectivity index (χ3n) is 2.41. The van der Waals surface area contributed by atoms with Crippen LogP contribution in [-0.4, -0.2) is 0 Å². The van der Waals surface area contributed by atoms with Crippen LogP contribution in [0.1, 0.15) is 16.0 Å². The lowest BCUT2D eigenvalue weighted by Gasteiger charge is -2.12. The largest absolute Gasteiger partial charge is 0.207 e. The summed E-state index contributed by atoms with van der Waals surface area (Å²) in [6.45, 7) is 0. The first-order valence-electron chi connectivity index (χ1n) is 4.93. The Morgan fingerprint density at radius 2 is 1.47 bits per heavy atom. The van der Waals surface area contributed by atoms with Crippen molar-refractivity contribution in [2.24, 2.45) is 0 Å². The number of hydrogen-bond donors (Lipinski definition) is 0. The number of rotatable bonds is 2. The molecule has 88 valence electrons. The molecule has 0 aromatic heterocycles. The average molecular weight is 301 g/mol. The summed E-state index contributed by atoms with van der Waals surface area (Å²) >= 11 is 3.18. The van der Waals surface area contributed by atoms with Gasteiger partial charge in [-0.25, -0.2) is 13.2 Å². The molecule has 0 bridgehead atoms. The Balaban J connectivity index is 2.47. The van der Waals surface area contributed by atoms with Crippen LogP contribution in [0.3, 0.4) is 0 Å². The van der Waals surface area contributed by atoms with Crippen molar-refractivity contribution in [2.75, 3.05) is 0 Å². The van der Waals surface area contributed by atoms with E-state index in [0.717, 1.165) is 18.2 Å². The van der Waals surface area contributed by atoms with Gasteiger partial charge in [0.25, 0.3) is 0 Å². The molecular weight excluding hydrogens is 293 g/mol. The molecule has 0 fully saturated rings. The van der Waals surface area contributed by atoms with Gasteiger partial charge in [0, 0.05) is 11.1 Å². The van der Waals surface area contributed by atoms with Crippen molar-refractivity contribution in [3.63, 3.8) is 0 Å². The molecule has 0 spiro atoms. The molecule has 1 atom stereocenters. The first-order valence-corrected chi connectivity index (χ1v) is 5.84. The zero-order valence-corrected chi connectivity index (χ0v) is 10.2. The SMILES string of the molecule is Fc1ccc(F)c(C(Br)c2ccccc2F)c1. The fourth-order valence-electron chi connectivity index (χ4n) is 1.56. The fraction of sp³-hybridized carbons (Fsp3) is 0.0769. The van der Waals surface area contributed by atoms with Crippen molar-refractivity contribution in [2.45, 2.75) is 4.83 Å². The summed E-state index contributed by atoms with van der Waals surface area (Å²) in [5, 5.41) is 0. The second-order valence-electron chi connectivity index (χ2n) is 3.55. The van der Waals surface area contributed by atoms with Gasteiger partial charge in [0.1, 0.15) is 17.5 Å². The molecule has 17 heavy (non-hydrogen) atoms.